The number of ether oxygens (including phenoxy) is 2. The van der Waals surface area contributed by atoms with Crippen molar-refractivity contribution >= 4 is 23.7 Å². The monoisotopic (exact) mass is 556 g/mol. The van der Waals surface area contributed by atoms with Crippen LogP contribution in [0.2, 0.25) is 0 Å². The summed E-state index contributed by atoms with van der Waals surface area (Å²) in [6.45, 7) is 1.73. The number of nitrogens with zero attached hydrogens (tertiary/aromatic N) is 1. The lowest BCUT2D eigenvalue weighted by atomic mass is 10.0. The number of aliphatic carboxylic acids is 1. The maximum Gasteiger partial charge on any atom is 0.345 e. The van der Waals surface area contributed by atoms with Gasteiger partial charge < -0.3 is 30.5 Å². The lowest BCUT2D eigenvalue weighted by Gasteiger charge is -2.28. The number of carbonyl (C=O) groups excluding carboxylic acids is 3. The van der Waals surface area contributed by atoms with Gasteiger partial charge in [-0.2, -0.15) is 8.78 Å². The molecule has 0 bridgehead atoms. The summed E-state index contributed by atoms with van der Waals surface area (Å²) in [5.41, 5.74) is 0.956. The number of hydrogen-bond acceptors (Lipinski definition) is 7. The highest BCUT2D eigenvalue weighted by atomic mass is 19.3. The molecule has 1 aromatic carbocycles. The SMILES string of the molecule is CC(C)C[C@H](NC(=O)[C@H](CCc1ccccc1)NC(=O)CN1CCOCC1)C(=O)N[C@@H](COC(F)F)C(=O)O. The Bertz CT molecular complexity index is 930. The van der Waals surface area contributed by atoms with Crippen LogP contribution in [0.4, 0.5) is 8.78 Å². The minimum atomic E-state index is -3.21. The van der Waals surface area contributed by atoms with E-state index >= 15 is 0 Å². The van der Waals surface area contributed by atoms with Gasteiger partial charge in [0.1, 0.15) is 12.1 Å². The Labute approximate surface area is 226 Å². The van der Waals surface area contributed by atoms with Crippen molar-refractivity contribution in [2.24, 2.45) is 5.92 Å². The van der Waals surface area contributed by atoms with Crippen LogP contribution in [0, 0.1) is 5.92 Å². The Morgan fingerprint density at radius 2 is 1.59 bits per heavy atom. The van der Waals surface area contributed by atoms with Crippen LogP contribution in [0.3, 0.4) is 0 Å². The molecule has 0 saturated carbocycles. The van der Waals surface area contributed by atoms with Crippen LogP contribution in [-0.4, -0.2) is 97.9 Å². The Kier molecular flexibility index (Phi) is 13.7. The second-order valence-corrected chi connectivity index (χ2v) is 9.72. The van der Waals surface area contributed by atoms with Gasteiger partial charge in [-0.25, -0.2) is 4.79 Å². The zero-order chi connectivity index (χ0) is 28.8. The molecule has 1 aliphatic rings. The molecular formula is C26H38F2N4O7. The van der Waals surface area contributed by atoms with Crippen LogP contribution >= 0.6 is 0 Å². The average Bonchev–Trinajstić information content (AvgIpc) is 2.88. The second-order valence-electron chi connectivity index (χ2n) is 9.72. The van der Waals surface area contributed by atoms with Gasteiger partial charge >= 0.3 is 12.6 Å². The summed E-state index contributed by atoms with van der Waals surface area (Å²) < 4.78 is 34.2. The third kappa shape index (κ3) is 12.5. The maximum absolute atomic E-state index is 13.3. The Morgan fingerprint density at radius 1 is 0.974 bits per heavy atom. The van der Waals surface area contributed by atoms with E-state index in [4.69, 9.17) is 4.74 Å². The maximum atomic E-state index is 13.3. The molecule has 1 aromatic rings. The highest BCUT2D eigenvalue weighted by molar-refractivity contribution is 5.93. The largest absolute Gasteiger partial charge is 0.480 e. The molecule has 0 unspecified atom stereocenters. The van der Waals surface area contributed by atoms with Gasteiger partial charge in [0.15, 0.2) is 6.04 Å². The van der Waals surface area contributed by atoms with E-state index in [0.717, 1.165) is 5.56 Å². The summed E-state index contributed by atoms with van der Waals surface area (Å²) in [5, 5.41) is 16.8. The average molecular weight is 557 g/mol. The molecule has 2 rings (SSSR count). The number of morpholine rings is 1. The van der Waals surface area contributed by atoms with Crippen molar-refractivity contribution in [2.45, 2.75) is 57.8 Å². The Morgan fingerprint density at radius 3 is 2.18 bits per heavy atom. The molecular weight excluding hydrogens is 518 g/mol. The van der Waals surface area contributed by atoms with E-state index < -0.39 is 49.1 Å². The van der Waals surface area contributed by atoms with E-state index in [1.807, 2.05) is 35.2 Å². The van der Waals surface area contributed by atoms with Crippen molar-refractivity contribution in [3.05, 3.63) is 35.9 Å². The molecule has 0 aliphatic carbocycles. The molecule has 11 nitrogen and oxygen atoms in total. The van der Waals surface area contributed by atoms with Crippen LogP contribution in [0.1, 0.15) is 32.3 Å². The first-order valence-corrected chi connectivity index (χ1v) is 12.9. The zero-order valence-corrected chi connectivity index (χ0v) is 22.2. The fraction of sp³-hybridized carbons (Fsp3) is 0.615. The van der Waals surface area contributed by atoms with Crippen LogP contribution in [0.25, 0.3) is 0 Å². The molecule has 0 spiro atoms. The molecule has 1 aliphatic heterocycles. The first kappa shape index (κ1) is 32.1. The van der Waals surface area contributed by atoms with Gasteiger partial charge in [-0.15, -0.1) is 0 Å². The van der Waals surface area contributed by atoms with Crippen molar-refractivity contribution in [2.75, 3.05) is 39.5 Å². The topological polar surface area (TPSA) is 146 Å². The smallest absolute Gasteiger partial charge is 0.345 e. The number of carboxylic acid groups (broad SMARTS) is 1. The Hall–Kier alpha value is -3.16. The third-order valence-electron chi connectivity index (χ3n) is 6.03. The van der Waals surface area contributed by atoms with E-state index in [1.54, 1.807) is 13.8 Å². The number of aryl methyl sites for hydroxylation is 1. The number of amides is 3. The van der Waals surface area contributed by atoms with Gasteiger partial charge in [0.05, 0.1) is 26.4 Å². The molecule has 0 aromatic heterocycles. The van der Waals surface area contributed by atoms with Crippen LogP contribution < -0.4 is 16.0 Å². The van der Waals surface area contributed by atoms with Gasteiger partial charge in [-0.1, -0.05) is 44.2 Å². The molecule has 3 amide bonds. The number of nitrogens with one attached hydrogen (secondary N) is 3. The Balaban J connectivity index is 2.12. The quantitative estimate of drug-likeness (QED) is 0.234. The third-order valence-corrected chi connectivity index (χ3v) is 6.03. The number of carboxylic acids is 1. The molecule has 1 saturated heterocycles. The van der Waals surface area contributed by atoms with Gasteiger partial charge in [0.25, 0.3) is 0 Å². The van der Waals surface area contributed by atoms with Crippen LogP contribution in [-0.2, 0) is 35.1 Å². The second kappa shape index (κ2) is 16.7. The van der Waals surface area contributed by atoms with Crippen LogP contribution in [0.15, 0.2) is 30.3 Å². The number of halogens is 2. The molecule has 0 radical (unpaired) electrons. The molecule has 3 atom stereocenters. The molecule has 13 heteroatoms. The van der Waals surface area contributed by atoms with Crippen molar-refractivity contribution in [1.82, 2.24) is 20.9 Å². The molecule has 4 N–H and O–H groups in total. The lowest BCUT2D eigenvalue weighted by Crippen LogP contribution is -2.57. The number of hydrogen-bond donors (Lipinski definition) is 4. The van der Waals surface area contributed by atoms with Crippen molar-refractivity contribution < 1.29 is 42.5 Å². The zero-order valence-electron chi connectivity index (χ0n) is 22.2. The predicted molar refractivity (Wildman–Crippen MR) is 137 cm³/mol. The number of carbonyl (C=O) groups is 4. The van der Waals surface area contributed by atoms with Crippen LogP contribution in [0.5, 0.6) is 0 Å². The number of benzene rings is 1. The van der Waals surface area contributed by atoms with Gasteiger partial charge in [-0.05, 0) is 30.7 Å². The summed E-state index contributed by atoms with van der Waals surface area (Å²) in [7, 11) is 0. The van der Waals surface area contributed by atoms with E-state index in [0.29, 0.717) is 32.7 Å². The minimum Gasteiger partial charge on any atom is -0.480 e. The highest BCUT2D eigenvalue weighted by Gasteiger charge is 2.31. The molecule has 218 valence electrons. The van der Waals surface area contributed by atoms with Gasteiger partial charge in [0, 0.05) is 13.1 Å². The van der Waals surface area contributed by atoms with E-state index in [-0.39, 0.29) is 31.2 Å². The number of alkyl halides is 2. The fourth-order valence-electron chi connectivity index (χ4n) is 4.02. The van der Waals surface area contributed by atoms with Crippen molar-refractivity contribution in [1.29, 1.82) is 0 Å². The summed E-state index contributed by atoms with van der Waals surface area (Å²) in [4.78, 5) is 52.4. The van der Waals surface area contributed by atoms with Gasteiger partial charge in [0.2, 0.25) is 17.7 Å². The summed E-state index contributed by atoms with van der Waals surface area (Å²) >= 11 is 0. The lowest BCUT2D eigenvalue weighted by molar-refractivity contribution is -0.156. The minimum absolute atomic E-state index is 0.0822. The summed E-state index contributed by atoms with van der Waals surface area (Å²) in [6, 6.07) is 5.51. The highest BCUT2D eigenvalue weighted by Crippen LogP contribution is 2.10. The van der Waals surface area contributed by atoms with Crippen molar-refractivity contribution in [3.8, 4) is 0 Å². The standard InChI is InChI=1S/C26H38F2N4O7/c1-17(2)14-20(24(35)31-21(25(36)37)16-39-26(27)28)30-23(34)19(9-8-18-6-4-3-5-7-18)29-22(33)15-32-10-12-38-13-11-32/h3-7,17,19-21,26H,8-16H2,1-2H3,(H,29,33)(H,30,34)(H,31,35)(H,36,37)/t19-,20-,21-/m0/s1. The predicted octanol–water partition coefficient (Wildman–Crippen LogP) is 0.776. The van der Waals surface area contributed by atoms with E-state index in [1.165, 1.54) is 0 Å². The first-order chi connectivity index (χ1) is 18.5. The normalized spacial score (nSPS) is 16.4. The fourth-order valence-corrected chi connectivity index (χ4v) is 4.02. The molecule has 1 heterocycles. The van der Waals surface area contributed by atoms with Gasteiger partial charge in [-0.3, -0.25) is 19.3 Å². The van der Waals surface area contributed by atoms with Crippen molar-refractivity contribution in [3.63, 3.8) is 0 Å². The summed E-state index contributed by atoms with van der Waals surface area (Å²) in [5.74, 6) is -3.47. The number of rotatable bonds is 16. The molecule has 1 fully saturated rings. The van der Waals surface area contributed by atoms with E-state index in [2.05, 4.69) is 20.7 Å². The summed E-state index contributed by atoms with van der Waals surface area (Å²) in [6.07, 6.45) is 0.872. The first-order valence-electron chi connectivity index (χ1n) is 12.9. The van der Waals surface area contributed by atoms with E-state index in [9.17, 15) is 33.1 Å². The molecule has 39 heavy (non-hydrogen) atoms.